The molecule has 0 saturated heterocycles. The molecule has 0 atom stereocenters. The fourth-order valence-corrected chi connectivity index (χ4v) is 2.77. The van der Waals surface area contributed by atoms with Gasteiger partial charge in [-0.05, 0) is 32.1 Å². The Labute approximate surface area is 119 Å². The number of rotatable bonds is 6. The van der Waals surface area contributed by atoms with Gasteiger partial charge in [-0.25, -0.2) is 0 Å². The largest absolute Gasteiger partial charge is 0.397 e. The van der Waals surface area contributed by atoms with Crippen LogP contribution in [0.25, 0.3) is 0 Å². The number of thioether (sulfide) groups is 1. The lowest BCUT2D eigenvalue weighted by atomic mass is 10.0. The van der Waals surface area contributed by atoms with E-state index in [2.05, 4.69) is 30.4 Å². The first-order valence-corrected chi connectivity index (χ1v) is 7.76. The molecule has 0 radical (unpaired) electrons. The summed E-state index contributed by atoms with van der Waals surface area (Å²) >= 11 is 1.81. The molecule has 0 aliphatic heterocycles. The summed E-state index contributed by atoms with van der Waals surface area (Å²) < 4.78 is 0.108. The van der Waals surface area contributed by atoms with Crippen LogP contribution in [0.1, 0.15) is 42.7 Å². The molecule has 106 valence electrons. The highest BCUT2D eigenvalue weighted by atomic mass is 32.2. The Bertz CT molecular complexity index is 436. The number of nitrogens with zero attached hydrogens (tertiary/aromatic N) is 1. The summed E-state index contributed by atoms with van der Waals surface area (Å²) in [6, 6.07) is 1.68. The average molecular weight is 281 g/mol. The van der Waals surface area contributed by atoms with E-state index in [1.807, 2.05) is 6.92 Å². The first kappa shape index (κ1) is 15.8. The first-order chi connectivity index (χ1) is 8.98. The van der Waals surface area contributed by atoms with E-state index in [0.717, 1.165) is 12.8 Å². The molecule has 0 aromatic carbocycles. The van der Waals surface area contributed by atoms with Crippen LogP contribution >= 0.6 is 11.8 Å². The number of pyridine rings is 1. The normalized spacial score (nSPS) is 11.4. The predicted octanol–water partition coefficient (Wildman–Crippen LogP) is 2.62. The minimum atomic E-state index is -0.0994. The third-order valence-corrected chi connectivity index (χ3v) is 5.23. The number of hydrogen-bond acceptors (Lipinski definition) is 4. The molecule has 1 heterocycles. The van der Waals surface area contributed by atoms with E-state index in [9.17, 15) is 4.79 Å². The molecule has 0 unspecified atom stereocenters. The molecular weight excluding hydrogens is 258 g/mol. The van der Waals surface area contributed by atoms with Crippen LogP contribution in [0.4, 0.5) is 5.69 Å². The van der Waals surface area contributed by atoms with E-state index in [0.29, 0.717) is 23.5 Å². The Morgan fingerprint density at radius 2 is 2.11 bits per heavy atom. The Morgan fingerprint density at radius 3 is 2.63 bits per heavy atom. The molecule has 19 heavy (non-hydrogen) atoms. The number of hydrogen-bond donors (Lipinski definition) is 2. The second kappa shape index (κ2) is 6.80. The van der Waals surface area contributed by atoms with Crippen LogP contribution in [0.2, 0.25) is 0 Å². The first-order valence-electron chi connectivity index (χ1n) is 6.53. The van der Waals surface area contributed by atoms with Crippen molar-refractivity contribution in [2.45, 2.75) is 38.4 Å². The van der Waals surface area contributed by atoms with Gasteiger partial charge in [0.05, 0.1) is 23.1 Å². The van der Waals surface area contributed by atoms with Crippen molar-refractivity contribution in [3.63, 3.8) is 0 Å². The van der Waals surface area contributed by atoms with E-state index in [1.165, 1.54) is 0 Å². The third kappa shape index (κ3) is 3.86. The zero-order chi connectivity index (χ0) is 14.5. The fraction of sp³-hybridized carbons (Fsp3) is 0.571. The Hall–Kier alpha value is -1.23. The van der Waals surface area contributed by atoms with E-state index >= 15 is 0 Å². The quantitative estimate of drug-likeness (QED) is 0.841. The van der Waals surface area contributed by atoms with Gasteiger partial charge in [0, 0.05) is 11.3 Å². The summed E-state index contributed by atoms with van der Waals surface area (Å²) in [7, 11) is 0. The van der Waals surface area contributed by atoms with Gasteiger partial charge >= 0.3 is 0 Å². The number of nitrogens with one attached hydrogen (secondary N) is 1. The standard InChI is InChI=1S/C14H23N3OS/c1-5-14(6-2,19-4)9-17-13(18)12-7-11(15)8-16-10(12)3/h7-8H,5-6,9,15H2,1-4H3,(H,17,18). The minimum absolute atomic E-state index is 0.0994. The number of anilines is 1. The van der Waals surface area contributed by atoms with Crippen molar-refractivity contribution in [2.75, 3.05) is 18.5 Å². The maximum absolute atomic E-state index is 12.2. The second-order valence-electron chi connectivity index (χ2n) is 4.68. The van der Waals surface area contributed by atoms with Crippen LogP contribution in [0.5, 0.6) is 0 Å². The summed E-state index contributed by atoms with van der Waals surface area (Å²) in [6.07, 6.45) is 5.71. The van der Waals surface area contributed by atoms with Gasteiger partial charge in [0.15, 0.2) is 0 Å². The summed E-state index contributed by atoms with van der Waals surface area (Å²) in [4.78, 5) is 16.3. The number of carbonyl (C=O) groups excluding carboxylic acids is 1. The Morgan fingerprint density at radius 1 is 1.47 bits per heavy atom. The van der Waals surface area contributed by atoms with E-state index < -0.39 is 0 Å². The molecule has 0 fully saturated rings. The molecule has 0 saturated carbocycles. The summed E-state index contributed by atoms with van der Waals surface area (Å²) in [6.45, 7) is 6.78. The van der Waals surface area contributed by atoms with Crippen molar-refractivity contribution in [3.05, 3.63) is 23.5 Å². The summed E-state index contributed by atoms with van der Waals surface area (Å²) in [5.74, 6) is -0.0994. The number of nitrogens with two attached hydrogens (primary N) is 1. The maximum atomic E-state index is 12.2. The Balaban J connectivity index is 2.77. The maximum Gasteiger partial charge on any atom is 0.253 e. The lowest BCUT2D eigenvalue weighted by molar-refractivity contribution is 0.0948. The average Bonchev–Trinajstić information content (AvgIpc) is 2.43. The number of aromatic nitrogens is 1. The van der Waals surface area contributed by atoms with Gasteiger partial charge in [-0.15, -0.1) is 0 Å². The molecule has 0 aliphatic carbocycles. The highest BCUT2D eigenvalue weighted by molar-refractivity contribution is 8.00. The van der Waals surface area contributed by atoms with Gasteiger partial charge < -0.3 is 11.1 Å². The molecule has 1 rings (SSSR count). The van der Waals surface area contributed by atoms with Crippen LogP contribution < -0.4 is 11.1 Å². The number of aryl methyl sites for hydroxylation is 1. The van der Waals surface area contributed by atoms with Crippen LogP contribution in [0.3, 0.4) is 0 Å². The number of amides is 1. The van der Waals surface area contributed by atoms with Gasteiger partial charge in [0.1, 0.15) is 0 Å². The highest BCUT2D eigenvalue weighted by Crippen LogP contribution is 2.29. The van der Waals surface area contributed by atoms with Crippen molar-refractivity contribution < 1.29 is 4.79 Å². The molecule has 1 amide bonds. The van der Waals surface area contributed by atoms with E-state index in [-0.39, 0.29) is 10.7 Å². The van der Waals surface area contributed by atoms with Crippen molar-refractivity contribution in [1.29, 1.82) is 0 Å². The molecule has 0 bridgehead atoms. The topological polar surface area (TPSA) is 68.0 Å². The van der Waals surface area contributed by atoms with Gasteiger partial charge in [-0.3, -0.25) is 9.78 Å². The van der Waals surface area contributed by atoms with Crippen molar-refractivity contribution >= 4 is 23.4 Å². The van der Waals surface area contributed by atoms with Crippen LogP contribution in [0, 0.1) is 6.92 Å². The molecule has 4 nitrogen and oxygen atoms in total. The lowest BCUT2D eigenvalue weighted by Gasteiger charge is -2.29. The van der Waals surface area contributed by atoms with Crippen molar-refractivity contribution in [2.24, 2.45) is 0 Å². The SMILES string of the molecule is CCC(CC)(CNC(=O)c1cc(N)cnc1C)SC. The molecule has 1 aromatic heterocycles. The van der Waals surface area contributed by atoms with Crippen molar-refractivity contribution in [1.82, 2.24) is 10.3 Å². The molecule has 5 heteroatoms. The zero-order valence-corrected chi connectivity index (χ0v) is 12.9. The molecule has 3 N–H and O–H groups in total. The number of nitrogen functional groups attached to an aromatic ring is 1. The monoisotopic (exact) mass is 281 g/mol. The molecule has 0 aliphatic rings. The van der Waals surface area contributed by atoms with E-state index in [1.54, 1.807) is 24.0 Å². The van der Waals surface area contributed by atoms with Gasteiger partial charge in [-0.2, -0.15) is 11.8 Å². The summed E-state index contributed by atoms with van der Waals surface area (Å²) in [5.41, 5.74) is 7.45. The second-order valence-corrected chi connectivity index (χ2v) is 5.95. The smallest absolute Gasteiger partial charge is 0.253 e. The number of carbonyl (C=O) groups is 1. The van der Waals surface area contributed by atoms with Crippen LogP contribution in [-0.4, -0.2) is 28.4 Å². The minimum Gasteiger partial charge on any atom is -0.397 e. The molecule has 0 spiro atoms. The van der Waals surface area contributed by atoms with E-state index in [4.69, 9.17) is 5.73 Å². The molecule has 1 aromatic rings. The highest BCUT2D eigenvalue weighted by Gasteiger charge is 2.25. The van der Waals surface area contributed by atoms with Gasteiger partial charge in [0.25, 0.3) is 5.91 Å². The zero-order valence-electron chi connectivity index (χ0n) is 12.1. The van der Waals surface area contributed by atoms with Gasteiger partial charge in [-0.1, -0.05) is 13.8 Å². The fourth-order valence-electron chi connectivity index (χ4n) is 1.98. The van der Waals surface area contributed by atoms with Crippen molar-refractivity contribution in [3.8, 4) is 0 Å². The summed E-state index contributed by atoms with van der Waals surface area (Å²) in [5, 5.41) is 3.01. The van der Waals surface area contributed by atoms with Gasteiger partial charge in [0.2, 0.25) is 0 Å². The third-order valence-electron chi connectivity index (χ3n) is 3.65. The lowest BCUT2D eigenvalue weighted by Crippen LogP contribution is -2.39. The Kier molecular flexibility index (Phi) is 5.66. The van der Waals surface area contributed by atoms with Crippen LogP contribution in [-0.2, 0) is 0 Å². The van der Waals surface area contributed by atoms with Crippen LogP contribution in [0.15, 0.2) is 12.3 Å². The predicted molar refractivity (Wildman–Crippen MR) is 82.5 cm³/mol. The molecular formula is C14H23N3OS.